The summed E-state index contributed by atoms with van der Waals surface area (Å²) in [5.41, 5.74) is 9.10. The predicted molar refractivity (Wildman–Crippen MR) is 97.2 cm³/mol. The first kappa shape index (κ1) is 17.8. The molecular weight excluding hydrogens is 330 g/mol. The third-order valence-electron chi connectivity index (χ3n) is 3.81. The van der Waals surface area contributed by atoms with Crippen LogP contribution in [0, 0.1) is 0 Å². The second-order valence-corrected chi connectivity index (χ2v) is 6.34. The van der Waals surface area contributed by atoms with Crippen molar-refractivity contribution in [2.24, 2.45) is 5.73 Å². The van der Waals surface area contributed by atoms with Crippen LogP contribution in [0.15, 0.2) is 47.6 Å². The molecule has 0 aliphatic carbocycles. The molecule has 3 rings (SSSR count). The summed E-state index contributed by atoms with van der Waals surface area (Å²) in [5, 5.41) is 0. The Morgan fingerprint density at radius 2 is 2.04 bits per heavy atom. The molecule has 1 amide bonds. The fourth-order valence-electron chi connectivity index (χ4n) is 2.69. The van der Waals surface area contributed by atoms with Gasteiger partial charge in [-0.25, -0.2) is 0 Å². The third kappa shape index (κ3) is 4.25. The maximum Gasteiger partial charge on any atom is 0.237 e. The number of pyridine rings is 1. The number of hydrogen-bond donors (Lipinski definition) is 1. The number of carbonyl (C=O) groups excluding carboxylic acids is 1. The van der Waals surface area contributed by atoms with Crippen LogP contribution in [-0.4, -0.2) is 23.2 Å². The Balaban J connectivity index is 0.00000192. The van der Waals surface area contributed by atoms with Crippen molar-refractivity contribution >= 4 is 35.8 Å². The first-order valence-electron chi connectivity index (χ1n) is 7.43. The summed E-state index contributed by atoms with van der Waals surface area (Å²) in [6.07, 6.45) is 5.52. The van der Waals surface area contributed by atoms with Gasteiger partial charge in [0.2, 0.25) is 5.91 Å². The van der Waals surface area contributed by atoms with E-state index in [9.17, 15) is 4.79 Å². The molecule has 0 bridgehead atoms. The molecule has 1 aromatic heterocycles. The Bertz CT molecular complexity index is 666. The molecule has 23 heavy (non-hydrogen) atoms. The van der Waals surface area contributed by atoms with Crippen molar-refractivity contribution < 1.29 is 4.79 Å². The van der Waals surface area contributed by atoms with Gasteiger partial charge >= 0.3 is 0 Å². The SMILES string of the molecule is Cl.NCc1ccc2c(c1)CCCN2C(=O)CSc1ccncc1. The van der Waals surface area contributed by atoms with E-state index in [4.69, 9.17) is 5.73 Å². The normalized spacial score (nSPS) is 13.2. The molecule has 2 aromatic rings. The number of aryl methyl sites for hydroxylation is 1. The van der Waals surface area contributed by atoms with Crippen LogP contribution in [-0.2, 0) is 17.8 Å². The maximum atomic E-state index is 12.6. The van der Waals surface area contributed by atoms with Crippen LogP contribution >= 0.6 is 24.2 Å². The van der Waals surface area contributed by atoms with Gasteiger partial charge in [-0.15, -0.1) is 24.2 Å². The molecule has 0 spiro atoms. The lowest BCUT2D eigenvalue weighted by atomic mass is 9.99. The summed E-state index contributed by atoms with van der Waals surface area (Å²) in [6, 6.07) is 10.0. The van der Waals surface area contributed by atoms with Crippen molar-refractivity contribution in [1.82, 2.24) is 4.98 Å². The van der Waals surface area contributed by atoms with E-state index in [0.29, 0.717) is 12.3 Å². The van der Waals surface area contributed by atoms with Crippen LogP contribution in [0.2, 0.25) is 0 Å². The minimum absolute atomic E-state index is 0. The molecule has 0 saturated carbocycles. The van der Waals surface area contributed by atoms with Gasteiger partial charge in [0.25, 0.3) is 0 Å². The number of thioether (sulfide) groups is 1. The molecule has 1 aliphatic heterocycles. The largest absolute Gasteiger partial charge is 0.326 e. The second kappa shape index (κ2) is 8.34. The van der Waals surface area contributed by atoms with Gasteiger partial charge in [-0.05, 0) is 42.2 Å². The van der Waals surface area contributed by atoms with Gasteiger partial charge in [0.1, 0.15) is 0 Å². The Kier molecular flexibility index (Phi) is 6.45. The van der Waals surface area contributed by atoms with Gasteiger partial charge in [0.05, 0.1) is 5.75 Å². The zero-order valence-electron chi connectivity index (χ0n) is 12.8. The van der Waals surface area contributed by atoms with Gasteiger partial charge in [-0.2, -0.15) is 0 Å². The predicted octanol–water partition coefficient (Wildman–Crippen LogP) is 3.03. The highest BCUT2D eigenvalue weighted by Crippen LogP contribution is 2.29. The van der Waals surface area contributed by atoms with E-state index < -0.39 is 0 Å². The number of nitrogens with two attached hydrogens (primary N) is 1. The number of nitrogens with zero attached hydrogens (tertiary/aromatic N) is 2. The zero-order chi connectivity index (χ0) is 15.4. The standard InChI is InChI=1S/C17H19N3OS.ClH/c18-11-13-3-4-16-14(10-13)2-1-9-20(16)17(21)12-22-15-5-7-19-8-6-15;/h3-8,10H,1-2,9,11-12,18H2;1H. The lowest BCUT2D eigenvalue weighted by Gasteiger charge is -2.30. The Morgan fingerprint density at radius 1 is 1.26 bits per heavy atom. The topological polar surface area (TPSA) is 59.2 Å². The quantitative estimate of drug-likeness (QED) is 0.862. The fraction of sp³-hybridized carbons (Fsp3) is 0.294. The van der Waals surface area contributed by atoms with E-state index in [1.807, 2.05) is 29.2 Å². The summed E-state index contributed by atoms with van der Waals surface area (Å²) >= 11 is 1.55. The van der Waals surface area contributed by atoms with Crippen molar-refractivity contribution in [1.29, 1.82) is 0 Å². The van der Waals surface area contributed by atoms with Crippen molar-refractivity contribution in [2.75, 3.05) is 17.2 Å². The number of benzene rings is 1. The highest BCUT2D eigenvalue weighted by atomic mass is 35.5. The summed E-state index contributed by atoms with van der Waals surface area (Å²) in [4.78, 5) is 19.5. The molecule has 0 unspecified atom stereocenters. The Labute approximate surface area is 146 Å². The molecule has 4 nitrogen and oxygen atoms in total. The monoisotopic (exact) mass is 349 g/mol. The highest BCUT2D eigenvalue weighted by Gasteiger charge is 2.22. The maximum absolute atomic E-state index is 12.6. The van der Waals surface area contributed by atoms with Crippen molar-refractivity contribution in [2.45, 2.75) is 24.3 Å². The first-order chi connectivity index (χ1) is 10.8. The van der Waals surface area contributed by atoms with Crippen LogP contribution in [0.5, 0.6) is 0 Å². The number of carbonyl (C=O) groups is 1. The van der Waals surface area contributed by atoms with Crippen molar-refractivity contribution in [3.8, 4) is 0 Å². The highest BCUT2D eigenvalue weighted by molar-refractivity contribution is 8.00. The number of halogens is 1. The molecule has 2 heterocycles. The summed E-state index contributed by atoms with van der Waals surface area (Å²) in [6.45, 7) is 1.34. The summed E-state index contributed by atoms with van der Waals surface area (Å²) in [7, 11) is 0. The molecule has 0 radical (unpaired) electrons. The van der Waals surface area contributed by atoms with Crippen molar-refractivity contribution in [3.63, 3.8) is 0 Å². The minimum atomic E-state index is 0. The minimum Gasteiger partial charge on any atom is -0.326 e. The average Bonchev–Trinajstić information content (AvgIpc) is 2.59. The van der Waals surface area contributed by atoms with E-state index in [-0.39, 0.29) is 18.3 Å². The van der Waals surface area contributed by atoms with Crippen LogP contribution in [0.25, 0.3) is 0 Å². The third-order valence-corrected chi connectivity index (χ3v) is 4.81. The van der Waals surface area contributed by atoms with Gasteiger partial charge in [0, 0.05) is 36.1 Å². The summed E-state index contributed by atoms with van der Waals surface area (Å²) in [5.74, 6) is 0.602. The molecule has 6 heteroatoms. The fourth-order valence-corrected chi connectivity index (χ4v) is 3.45. The zero-order valence-corrected chi connectivity index (χ0v) is 14.4. The van der Waals surface area contributed by atoms with Gasteiger partial charge in [-0.1, -0.05) is 12.1 Å². The van der Waals surface area contributed by atoms with Crippen molar-refractivity contribution in [3.05, 3.63) is 53.9 Å². The number of hydrogen-bond acceptors (Lipinski definition) is 4. The number of rotatable bonds is 4. The van der Waals surface area contributed by atoms with E-state index in [0.717, 1.165) is 35.5 Å². The van der Waals surface area contributed by atoms with Gasteiger partial charge < -0.3 is 10.6 Å². The van der Waals surface area contributed by atoms with Crippen LogP contribution < -0.4 is 10.6 Å². The number of aromatic nitrogens is 1. The number of anilines is 1. The number of fused-ring (bicyclic) bond motifs is 1. The van der Waals surface area contributed by atoms with E-state index >= 15 is 0 Å². The Morgan fingerprint density at radius 3 is 2.78 bits per heavy atom. The molecule has 0 saturated heterocycles. The lowest BCUT2D eigenvalue weighted by Crippen LogP contribution is -2.36. The molecule has 1 aromatic carbocycles. The summed E-state index contributed by atoms with van der Waals surface area (Å²) < 4.78 is 0. The van der Waals surface area contributed by atoms with Crippen LogP contribution in [0.4, 0.5) is 5.69 Å². The van der Waals surface area contributed by atoms with Gasteiger partial charge in [0.15, 0.2) is 0 Å². The second-order valence-electron chi connectivity index (χ2n) is 5.29. The molecule has 2 N–H and O–H groups in total. The van der Waals surface area contributed by atoms with Gasteiger partial charge in [-0.3, -0.25) is 9.78 Å². The molecule has 0 atom stereocenters. The molecule has 1 aliphatic rings. The smallest absolute Gasteiger partial charge is 0.237 e. The average molecular weight is 350 g/mol. The molecule has 0 fully saturated rings. The van der Waals surface area contributed by atoms with Crippen LogP contribution in [0.1, 0.15) is 17.5 Å². The van der Waals surface area contributed by atoms with E-state index in [2.05, 4.69) is 11.1 Å². The number of amides is 1. The van der Waals surface area contributed by atoms with E-state index in [1.54, 1.807) is 24.2 Å². The van der Waals surface area contributed by atoms with Crippen LogP contribution in [0.3, 0.4) is 0 Å². The lowest BCUT2D eigenvalue weighted by molar-refractivity contribution is -0.116. The molecule has 122 valence electrons. The Hall–Kier alpha value is -1.56. The molecular formula is C17H20ClN3OS. The first-order valence-corrected chi connectivity index (χ1v) is 8.41. The van der Waals surface area contributed by atoms with E-state index in [1.165, 1.54) is 5.56 Å².